The number of carbonyl (C=O) groups is 3. The molecule has 0 aliphatic rings. The van der Waals surface area contributed by atoms with Gasteiger partial charge in [0.2, 0.25) is 0 Å². The minimum Gasteiger partial charge on any atom is -0.469 e. The lowest BCUT2D eigenvalue weighted by molar-refractivity contribution is -0.140. The van der Waals surface area contributed by atoms with Crippen molar-refractivity contribution >= 4 is 17.8 Å². The van der Waals surface area contributed by atoms with Crippen LogP contribution < -0.4 is 5.73 Å². The van der Waals surface area contributed by atoms with Gasteiger partial charge in [-0.25, -0.2) is 9.48 Å². The number of ether oxygens (including phenoxy) is 2. The number of benzene rings is 1. The summed E-state index contributed by atoms with van der Waals surface area (Å²) in [6, 6.07) is 6.65. The summed E-state index contributed by atoms with van der Waals surface area (Å²) in [5.74, 6) is -1.60. The maximum absolute atomic E-state index is 12.0. The highest BCUT2D eigenvalue weighted by atomic mass is 16.5. The van der Waals surface area contributed by atoms with Crippen LogP contribution in [0.5, 0.6) is 0 Å². The molecule has 0 aliphatic carbocycles. The first kappa shape index (κ1) is 20.2. The highest BCUT2D eigenvalue weighted by molar-refractivity contribution is 5.92. The van der Waals surface area contributed by atoms with E-state index < -0.39 is 18.0 Å². The maximum atomic E-state index is 12.0. The zero-order valence-electron chi connectivity index (χ0n) is 15.8. The Labute approximate surface area is 157 Å². The van der Waals surface area contributed by atoms with Crippen LogP contribution in [-0.2, 0) is 25.5 Å². The molecule has 0 unspecified atom stereocenters. The molecule has 0 radical (unpaired) electrons. The van der Waals surface area contributed by atoms with Gasteiger partial charge in [-0.2, -0.15) is 5.10 Å². The van der Waals surface area contributed by atoms with Gasteiger partial charge >= 0.3 is 11.9 Å². The summed E-state index contributed by atoms with van der Waals surface area (Å²) in [7, 11) is 1.36. The first-order valence-electron chi connectivity index (χ1n) is 8.47. The summed E-state index contributed by atoms with van der Waals surface area (Å²) in [5.41, 5.74) is 8.88. The van der Waals surface area contributed by atoms with Crippen LogP contribution in [0.2, 0.25) is 0 Å². The van der Waals surface area contributed by atoms with Crippen molar-refractivity contribution in [2.45, 2.75) is 39.7 Å². The fraction of sp³-hybridized carbons (Fsp3) is 0.368. The third kappa shape index (κ3) is 4.72. The lowest BCUT2D eigenvalue weighted by atomic mass is 10.1. The lowest BCUT2D eigenvalue weighted by Gasteiger charge is -2.10. The minimum absolute atomic E-state index is 0.269. The molecule has 0 aliphatic heterocycles. The summed E-state index contributed by atoms with van der Waals surface area (Å²) in [6.07, 6.45) is -0.169. The number of methoxy groups -OCH3 is 1. The molecule has 2 rings (SSSR count). The summed E-state index contributed by atoms with van der Waals surface area (Å²) in [6.45, 7) is 5.22. The number of carbonyl (C=O) groups excluding carboxylic acids is 3. The van der Waals surface area contributed by atoms with Crippen LogP contribution in [0.1, 0.15) is 40.7 Å². The van der Waals surface area contributed by atoms with Gasteiger partial charge in [0.15, 0.2) is 6.10 Å². The van der Waals surface area contributed by atoms with Crippen LogP contribution in [0.3, 0.4) is 0 Å². The van der Waals surface area contributed by atoms with Crippen molar-refractivity contribution in [2.75, 3.05) is 7.11 Å². The first-order chi connectivity index (χ1) is 12.7. The average molecular weight is 373 g/mol. The van der Waals surface area contributed by atoms with Crippen molar-refractivity contribution in [3.8, 4) is 5.69 Å². The molecular weight excluding hydrogens is 350 g/mol. The molecule has 0 saturated heterocycles. The Morgan fingerprint density at radius 3 is 2.37 bits per heavy atom. The minimum atomic E-state index is -0.995. The molecule has 0 bridgehead atoms. The van der Waals surface area contributed by atoms with Crippen LogP contribution in [0.4, 0.5) is 0 Å². The number of amides is 1. The zero-order chi connectivity index (χ0) is 20.1. The van der Waals surface area contributed by atoms with Crippen LogP contribution in [0, 0.1) is 13.8 Å². The second kappa shape index (κ2) is 8.48. The third-order valence-electron chi connectivity index (χ3n) is 4.28. The van der Waals surface area contributed by atoms with Crippen molar-refractivity contribution in [1.82, 2.24) is 9.78 Å². The van der Waals surface area contributed by atoms with Crippen LogP contribution in [-0.4, -0.2) is 40.8 Å². The topological polar surface area (TPSA) is 114 Å². The Bertz CT molecular complexity index is 855. The van der Waals surface area contributed by atoms with Gasteiger partial charge in [-0.05, 0) is 57.0 Å². The van der Waals surface area contributed by atoms with Gasteiger partial charge in [-0.3, -0.25) is 9.59 Å². The van der Waals surface area contributed by atoms with Gasteiger partial charge in [0.25, 0.3) is 5.91 Å². The number of primary amides is 1. The number of aryl methyl sites for hydroxylation is 1. The Hall–Kier alpha value is -3.16. The van der Waals surface area contributed by atoms with E-state index in [0.29, 0.717) is 12.0 Å². The summed E-state index contributed by atoms with van der Waals surface area (Å²) >= 11 is 0. The van der Waals surface area contributed by atoms with E-state index in [1.807, 2.05) is 13.8 Å². The number of esters is 2. The molecular formula is C19H23N3O5. The van der Waals surface area contributed by atoms with Gasteiger partial charge in [0.05, 0.1) is 24.1 Å². The van der Waals surface area contributed by atoms with E-state index in [0.717, 1.165) is 22.6 Å². The molecule has 2 aromatic rings. The Morgan fingerprint density at radius 2 is 1.81 bits per heavy atom. The molecule has 0 fully saturated rings. The quantitative estimate of drug-likeness (QED) is 0.738. The molecule has 1 atom stereocenters. The van der Waals surface area contributed by atoms with E-state index >= 15 is 0 Å². The predicted molar refractivity (Wildman–Crippen MR) is 97.4 cm³/mol. The van der Waals surface area contributed by atoms with E-state index in [1.54, 1.807) is 28.9 Å². The van der Waals surface area contributed by atoms with Gasteiger partial charge in [0, 0.05) is 12.1 Å². The standard InChI is InChI=1S/C19H23N3O5/c1-11-16(9-10-17(23)26-4)12(2)22(21-11)15-7-5-14(6-8-15)19(25)27-13(3)18(20)24/h5-8,13H,9-10H2,1-4H3,(H2,20,24)/t13-/m1/s1. The van der Waals surface area contributed by atoms with E-state index in [2.05, 4.69) is 9.84 Å². The maximum Gasteiger partial charge on any atom is 0.338 e. The normalized spacial score (nSPS) is 11.7. The molecule has 27 heavy (non-hydrogen) atoms. The van der Waals surface area contributed by atoms with Crippen molar-refractivity contribution in [2.24, 2.45) is 5.73 Å². The summed E-state index contributed by atoms with van der Waals surface area (Å²) < 4.78 is 11.4. The van der Waals surface area contributed by atoms with Crippen LogP contribution >= 0.6 is 0 Å². The number of hydrogen-bond acceptors (Lipinski definition) is 6. The number of nitrogens with two attached hydrogens (primary N) is 1. The van der Waals surface area contributed by atoms with Gasteiger partial charge < -0.3 is 15.2 Å². The number of rotatable bonds is 7. The largest absolute Gasteiger partial charge is 0.469 e. The molecule has 0 saturated carbocycles. The Balaban J connectivity index is 2.18. The highest BCUT2D eigenvalue weighted by Gasteiger charge is 2.17. The average Bonchev–Trinajstić information content (AvgIpc) is 2.93. The summed E-state index contributed by atoms with van der Waals surface area (Å²) in [5, 5.41) is 4.52. The molecule has 144 valence electrons. The van der Waals surface area contributed by atoms with Gasteiger partial charge in [-0.1, -0.05) is 0 Å². The number of nitrogens with zero attached hydrogens (tertiary/aromatic N) is 2. The molecule has 8 heteroatoms. The molecule has 1 heterocycles. The first-order valence-corrected chi connectivity index (χ1v) is 8.47. The molecule has 0 spiro atoms. The van der Waals surface area contributed by atoms with Crippen molar-refractivity contribution in [1.29, 1.82) is 0 Å². The van der Waals surface area contributed by atoms with Crippen molar-refractivity contribution < 1.29 is 23.9 Å². The van der Waals surface area contributed by atoms with Gasteiger partial charge in [0.1, 0.15) is 0 Å². The van der Waals surface area contributed by atoms with E-state index in [9.17, 15) is 14.4 Å². The zero-order valence-corrected chi connectivity index (χ0v) is 15.8. The van der Waals surface area contributed by atoms with Gasteiger partial charge in [-0.15, -0.1) is 0 Å². The Morgan fingerprint density at radius 1 is 1.19 bits per heavy atom. The second-order valence-electron chi connectivity index (χ2n) is 6.13. The molecule has 1 aromatic carbocycles. The smallest absolute Gasteiger partial charge is 0.338 e. The molecule has 2 N–H and O–H groups in total. The predicted octanol–water partition coefficient (Wildman–Crippen LogP) is 1.63. The van der Waals surface area contributed by atoms with Crippen LogP contribution in [0.15, 0.2) is 24.3 Å². The monoisotopic (exact) mass is 373 g/mol. The fourth-order valence-electron chi connectivity index (χ4n) is 2.64. The molecule has 1 aromatic heterocycles. The van der Waals surface area contributed by atoms with E-state index in [1.165, 1.54) is 14.0 Å². The SMILES string of the molecule is COC(=O)CCc1c(C)nn(-c2ccc(C(=O)O[C@H](C)C(N)=O)cc2)c1C. The number of hydrogen-bond donors (Lipinski definition) is 1. The highest BCUT2D eigenvalue weighted by Crippen LogP contribution is 2.20. The molecule has 1 amide bonds. The van der Waals surface area contributed by atoms with E-state index in [4.69, 9.17) is 10.5 Å². The van der Waals surface area contributed by atoms with Crippen molar-refractivity contribution in [3.05, 3.63) is 46.8 Å². The lowest BCUT2D eigenvalue weighted by Crippen LogP contribution is -2.30. The van der Waals surface area contributed by atoms with E-state index in [-0.39, 0.29) is 12.4 Å². The molecule has 8 nitrogen and oxygen atoms in total. The third-order valence-corrected chi connectivity index (χ3v) is 4.28. The fourth-order valence-corrected chi connectivity index (χ4v) is 2.64. The second-order valence-corrected chi connectivity index (χ2v) is 6.13. The Kier molecular flexibility index (Phi) is 6.33. The number of aromatic nitrogens is 2. The van der Waals surface area contributed by atoms with Crippen molar-refractivity contribution in [3.63, 3.8) is 0 Å². The van der Waals surface area contributed by atoms with Crippen LogP contribution in [0.25, 0.3) is 5.69 Å². The summed E-state index contributed by atoms with van der Waals surface area (Å²) in [4.78, 5) is 34.4.